The monoisotopic (exact) mass is 451 g/mol. The molecule has 0 amide bonds. The van der Waals surface area contributed by atoms with Gasteiger partial charge in [-0.25, -0.2) is 13.1 Å². The van der Waals surface area contributed by atoms with Crippen LogP contribution in [-0.4, -0.2) is 48.4 Å². The van der Waals surface area contributed by atoms with Gasteiger partial charge in [0.1, 0.15) is 17.0 Å². The Balaban J connectivity index is 2.04. The van der Waals surface area contributed by atoms with E-state index in [0.29, 0.717) is 4.31 Å². The first kappa shape index (κ1) is 21.8. The van der Waals surface area contributed by atoms with Gasteiger partial charge in [0.25, 0.3) is 5.56 Å². The molecular weight excluding hydrogens is 435 g/mol. The number of sulfonamides is 1. The van der Waals surface area contributed by atoms with E-state index in [-0.39, 0.29) is 29.8 Å². The third kappa shape index (κ3) is 4.32. The minimum Gasteiger partial charge on any atom is -0.377 e. The van der Waals surface area contributed by atoms with Crippen LogP contribution in [0.5, 0.6) is 0 Å². The first-order valence-corrected chi connectivity index (χ1v) is 10.4. The molecule has 1 aromatic carbocycles. The summed E-state index contributed by atoms with van der Waals surface area (Å²) < 4.78 is 73.9. The minimum atomic E-state index is -4.90. The van der Waals surface area contributed by atoms with Gasteiger partial charge in [0.2, 0.25) is 10.0 Å². The summed E-state index contributed by atoms with van der Waals surface area (Å²) in [5.74, 6) is 0. The van der Waals surface area contributed by atoms with Crippen LogP contribution in [0.3, 0.4) is 0 Å². The average Bonchev–Trinajstić information content (AvgIpc) is 2.59. The smallest absolute Gasteiger partial charge is 0.377 e. The highest BCUT2D eigenvalue weighted by Crippen LogP contribution is 2.40. The molecular formula is C17H17ClF3N3O4S. The lowest BCUT2D eigenvalue weighted by atomic mass is 10.1. The molecule has 0 radical (unpaired) electrons. The van der Waals surface area contributed by atoms with Crippen molar-refractivity contribution in [1.82, 2.24) is 14.1 Å². The zero-order valence-electron chi connectivity index (χ0n) is 15.1. The maximum atomic E-state index is 13.9. The summed E-state index contributed by atoms with van der Waals surface area (Å²) in [4.78, 5) is 11.6. The predicted octanol–water partition coefficient (Wildman–Crippen LogP) is 2.78. The van der Waals surface area contributed by atoms with E-state index in [1.807, 2.05) is 0 Å². The number of halogens is 4. The number of benzene rings is 1. The first-order valence-electron chi connectivity index (χ1n) is 8.56. The third-order valence-electron chi connectivity index (χ3n) is 4.47. The van der Waals surface area contributed by atoms with E-state index in [0.717, 1.165) is 29.1 Å². The minimum absolute atomic E-state index is 0.216. The van der Waals surface area contributed by atoms with E-state index >= 15 is 0 Å². The second-order valence-corrected chi connectivity index (χ2v) is 8.70. The highest BCUT2D eigenvalue weighted by Gasteiger charge is 2.48. The number of rotatable bonds is 6. The Morgan fingerprint density at radius 1 is 1.31 bits per heavy atom. The van der Waals surface area contributed by atoms with Crippen LogP contribution in [0.4, 0.5) is 13.2 Å². The fourth-order valence-corrected chi connectivity index (χ4v) is 4.66. The Bertz CT molecular complexity index is 1040. The number of ether oxygens (including phenoxy) is 1. The van der Waals surface area contributed by atoms with Crippen molar-refractivity contribution < 1.29 is 26.3 Å². The van der Waals surface area contributed by atoms with Crippen molar-refractivity contribution >= 4 is 21.6 Å². The van der Waals surface area contributed by atoms with Crippen molar-refractivity contribution in [1.29, 1.82) is 0 Å². The lowest BCUT2D eigenvalue weighted by Gasteiger charge is -2.32. The van der Waals surface area contributed by atoms with Gasteiger partial charge in [-0.15, -0.1) is 0 Å². The second kappa shape index (κ2) is 8.05. The average molecular weight is 452 g/mol. The molecule has 0 bridgehead atoms. The van der Waals surface area contributed by atoms with E-state index in [4.69, 9.17) is 16.3 Å². The summed E-state index contributed by atoms with van der Waals surface area (Å²) in [5, 5.41) is 4.02. The Morgan fingerprint density at radius 2 is 1.93 bits per heavy atom. The molecule has 1 saturated heterocycles. The maximum absolute atomic E-state index is 13.9. The topological polar surface area (TPSA) is 81.5 Å². The van der Waals surface area contributed by atoms with Gasteiger partial charge in [0.05, 0.1) is 19.4 Å². The Kier molecular flexibility index (Phi) is 6.04. The highest BCUT2D eigenvalue weighted by atomic mass is 35.5. The number of nitrogens with zero attached hydrogens (tertiary/aromatic N) is 3. The van der Waals surface area contributed by atoms with Crippen LogP contribution in [0.2, 0.25) is 5.02 Å². The van der Waals surface area contributed by atoms with Crippen molar-refractivity contribution in [2.45, 2.75) is 30.1 Å². The van der Waals surface area contributed by atoms with Crippen molar-refractivity contribution in [3.05, 3.63) is 57.5 Å². The molecule has 1 fully saturated rings. The second-order valence-electron chi connectivity index (χ2n) is 6.37. The summed E-state index contributed by atoms with van der Waals surface area (Å²) in [6.45, 7) is 1.32. The summed E-state index contributed by atoms with van der Waals surface area (Å²) in [6, 6.07) is 2.74. The molecule has 1 aliphatic heterocycles. The van der Waals surface area contributed by atoms with E-state index in [2.05, 4.69) is 5.10 Å². The predicted molar refractivity (Wildman–Crippen MR) is 98.2 cm³/mol. The molecule has 1 aliphatic rings. The molecule has 3 rings (SSSR count). The maximum Gasteiger partial charge on any atom is 0.409 e. The van der Waals surface area contributed by atoms with Gasteiger partial charge in [-0.1, -0.05) is 30.7 Å². The molecule has 2 aromatic rings. The zero-order valence-corrected chi connectivity index (χ0v) is 16.7. The highest BCUT2D eigenvalue weighted by molar-refractivity contribution is 7.89. The number of alkyl halides is 3. The molecule has 1 atom stereocenters. The fourth-order valence-electron chi connectivity index (χ4n) is 2.97. The molecule has 0 unspecified atom stereocenters. The van der Waals surface area contributed by atoms with Gasteiger partial charge < -0.3 is 4.74 Å². The van der Waals surface area contributed by atoms with E-state index < -0.39 is 39.2 Å². The number of hydrogen-bond acceptors (Lipinski definition) is 5. The van der Waals surface area contributed by atoms with Gasteiger partial charge in [-0.3, -0.25) is 4.79 Å². The summed E-state index contributed by atoms with van der Waals surface area (Å²) in [5.41, 5.74) is -1.02. The van der Waals surface area contributed by atoms with Crippen molar-refractivity contribution in [2.24, 2.45) is 0 Å². The number of hydrogen-bond donors (Lipinski definition) is 0. The Morgan fingerprint density at radius 3 is 2.38 bits per heavy atom. The molecule has 158 valence electrons. The molecule has 0 aliphatic carbocycles. The molecule has 0 N–H and O–H groups in total. The van der Waals surface area contributed by atoms with Crippen molar-refractivity contribution in [3.8, 4) is 0 Å². The van der Waals surface area contributed by atoms with Crippen LogP contribution >= 0.6 is 11.6 Å². The van der Waals surface area contributed by atoms with E-state index in [1.165, 1.54) is 19.1 Å². The Labute approximate surface area is 169 Å². The SMILES string of the molecule is CCN([C@H](c1ccc(Cl)cc1)C(F)(F)F)S(=O)(=O)c1cnn(C2COC2)c(=O)c1. The van der Waals surface area contributed by atoms with Gasteiger partial charge in [0.15, 0.2) is 0 Å². The zero-order chi connectivity index (χ0) is 21.4. The standard InChI is InChI=1S/C17H17ClF3N3O4S/c1-2-23(16(17(19,20)21)11-3-5-12(18)6-4-11)29(26,27)14-7-15(25)24(22-8-14)13-9-28-10-13/h3-8,13,16H,2,9-10H2,1H3/t16-/m1/s1. The molecule has 0 saturated carbocycles. The van der Waals surface area contributed by atoms with Crippen LogP contribution in [0.15, 0.2) is 46.2 Å². The van der Waals surface area contributed by atoms with Gasteiger partial charge in [-0.05, 0) is 17.7 Å². The van der Waals surface area contributed by atoms with Crippen LogP contribution in [-0.2, 0) is 14.8 Å². The largest absolute Gasteiger partial charge is 0.409 e. The van der Waals surface area contributed by atoms with Crippen LogP contribution in [0.25, 0.3) is 0 Å². The third-order valence-corrected chi connectivity index (χ3v) is 6.63. The van der Waals surface area contributed by atoms with Crippen molar-refractivity contribution in [3.63, 3.8) is 0 Å². The summed E-state index contributed by atoms with van der Waals surface area (Å²) >= 11 is 5.74. The lowest BCUT2D eigenvalue weighted by Crippen LogP contribution is -2.43. The molecule has 29 heavy (non-hydrogen) atoms. The molecule has 2 heterocycles. The van der Waals surface area contributed by atoms with Crippen LogP contribution < -0.4 is 5.56 Å². The van der Waals surface area contributed by atoms with Crippen LogP contribution in [0, 0.1) is 0 Å². The quantitative estimate of drug-likeness (QED) is 0.674. The molecule has 12 heteroatoms. The summed E-state index contributed by atoms with van der Waals surface area (Å²) in [7, 11) is -4.67. The van der Waals surface area contributed by atoms with E-state index in [1.54, 1.807) is 0 Å². The summed E-state index contributed by atoms with van der Waals surface area (Å²) in [6.07, 6.45) is -4.02. The normalized spacial score (nSPS) is 16.6. The van der Waals surface area contributed by atoms with Crippen molar-refractivity contribution in [2.75, 3.05) is 19.8 Å². The first-order chi connectivity index (χ1) is 13.6. The van der Waals surface area contributed by atoms with E-state index in [9.17, 15) is 26.4 Å². The van der Waals surface area contributed by atoms with Crippen LogP contribution in [0.1, 0.15) is 24.6 Å². The Hall–Kier alpha value is -1.95. The molecule has 7 nitrogen and oxygen atoms in total. The molecule has 0 spiro atoms. The lowest BCUT2D eigenvalue weighted by molar-refractivity contribution is -0.173. The fraction of sp³-hybridized carbons (Fsp3) is 0.412. The number of aromatic nitrogens is 2. The molecule has 1 aromatic heterocycles. The van der Waals surface area contributed by atoms with Gasteiger partial charge in [-0.2, -0.15) is 22.6 Å². The van der Waals surface area contributed by atoms with Gasteiger partial charge >= 0.3 is 6.18 Å². The van der Waals surface area contributed by atoms with Gasteiger partial charge in [0, 0.05) is 17.6 Å².